The zero-order chi connectivity index (χ0) is 21.8. The molecule has 1 N–H and O–H groups in total. The molecule has 158 valence electrons. The number of anilines is 1. The van der Waals surface area contributed by atoms with Gasteiger partial charge in [0, 0.05) is 12.7 Å². The quantitative estimate of drug-likeness (QED) is 0.500. The van der Waals surface area contributed by atoms with Crippen LogP contribution in [0.3, 0.4) is 0 Å². The van der Waals surface area contributed by atoms with E-state index in [4.69, 9.17) is 0 Å². The molecule has 3 aromatic rings. The molecule has 5 nitrogen and oxygen atoms in total. The molecular weight excluding hydrogens is 399 g/mol. The maximum Gasteiger partial charge on any atom is 0.234 e. The van der Waals surface area contributed by atoms with Crippen LogP contribution in [-0.2, 0) is 11.8 Å². The second kappa shape index (κ2) is 9.43. The first kappa shape index (κ1) is 22.0. The van der Waals surface area contributed by atoms with Crippen LogP contribution in [0.1, 0.15) is 50.7 Å². The topological polar surface area (TPSA) is 59.8 Å². The van der Waals surface area contributed by atoms with Crippen LogP contribution in [0.2, 0.25) is 0 Å². The molecule has 0 radical (unpaired) electrons. The molecule has 0 bridgehead atoms. The molecule has 0 saturated carbocycles. The Kier molecular flexibility index (Phi) is 6.92. The number of para-hydroxylation sites is 1. The lowest BCUT2D eigenvalue weighted by molar-refractivity contribution is -0.113. The number of nitrogens with zero attached hydrogens (tertiary/aromatic N) is 3. The summed E-state index contributed by atoms with van der Waals surface area (Å²) in [6.07, 6.45) is 0. The zero-order valence-electron chi connectivity index (χ0n) is 17.9. The molecule has 1 amide bonds. The fourth-order valence-corrected chi connectivity index (χ4v) is 4.03. The molecule has 2 aromatic carbocycles. The first-order chi connectivity index (χ1) is 14.3. The van der Waals surface area contributed by atoms with Crippen LogP contribution >= 0.6 is 11.8 Å². The van der Waals surface area contributed by atoms with E-state index in [-0.39, 0.29) is 17.5 Å². The lowest BCUT2D eigenvalue weighted by atomic mass is 9.92. The highest BCUT2D eigenvalue weighted by Crippen LogP contribution is 2.32. The summed E-state index contributed by atoms with van der Waals surface area (Å²) in [6.45, 7) is 8.47. The third-order valence-electron chi connectivity index (χ3n) is 4.92. The molecule has 1 aromatic heterocycles. The number of hydrogen-bond donors (Lipinski definition) is 1. The Morgan fingerprint density at radius 1 is 1.03 bits per heavy atom. The first-order valence-corrected chi connectivity index (χ1v) is 11.0. The molecule has 0 aliphatic heterocycles. The fraction of sp³-hybridized carbons (Fsp3) is 0.348. The van der Waals surface area contributed by atoms with Crippen LogP contribution in [-0.4, -0.2) is 26.4 Å². The maximum atomic E-state index is 14.1. The van der Waals surface area contributed by atoms with Gasteiger partial charge in [0.2, 0.25) is 5.91 Å². The van der Waals surface area contributed by atoms with Crippen LogP contribution in [0.25, 0.3) is 11.4 Å². The van der Waals surface area contributed by atoms with Gasteiger partial charge >= 0.3 is 0 Å². The molecule has 0 atom stereocenters. The van der Waals surface area contributed by atoms with Gasteiger partial charge in [0.15, 0.2) is 11.0 Å². The highest BCUT2D eigenvalue weighted by Gasteiger charge is 2.18. The maximum absolute atomic E-state index is 14.1. The lowest BCUT2D eigenvalue weighted by Crippen LogP contribution is -2.18. The average molecular weight is 427 g/mol. The molecule has 0 aliphatic rings. The number of aromatic nitrogens is 3. The Hall–Kier alpha value is -2.67. The van der Waals surface area contributed by atoms with Crippen molar-refractivity contribution in [3.8, 4) is 11.4 Å². The largest absolute Gasteiger partial charge is 0.325 e. The Labute approximate surface area is 181 Å². The van der Waals surface area contributed by atoms with E-state index in [0.717, 1.165) is 16.8 Å². The first-order valence-electron chi connectivity index (χ1n) is 9.99. The number of carbonyl (C=O) groups excluding carboxylic acids is 1. The minimum Gasteiger partial charge on any atom is -0.325 e. The van der Waals surface area contributed by atoms with Gasteiger partial charge < -0.3 is 9.88 Å². The van der Waals surface area contributed by atoms with Gasteiger partial charge in [-0.15, -0.1) is 10.2 Å². The highest BCUT2D eigenvalue weighted by atomic mass is 32.2. The van der Waals surface area contributed by atoms with Gasteiger partial charge in [0.25, 0.3) is 0 Å². The van der Waals surface area contributed by atoms with Crippen molar-refractivity contribution in [2.75, 3.05) is 11.1 Å². The Morgan fingerprint density at radius 2 is 1.67 bits per heavy atom. The van der Waals surface area contributed by atoms with Crippen LogP contribution in [0, 0.1) is 5.82 Å². The summed E-state index contributed by atoms with van der Waals surface area (Å²) < 4.78 is 15.8. The van der Waals surface area contributed by atoms with E-state index in [1.807, 2.05) is 6.07 Å². The summed E-state index contributed by atoms with van der Waals surface area (Å²) in [5.74, 6) is 0.762. The SMILES string of the molecule is CC(C)c1cccc(C(C)C)c1NC(=O)CSc1nnc(-c2ccccc2F)n1C. The molecular formula is C23H27FN4OS. The van der Waals surface area contributed by atoms with Crippen molar-refractivity contribution in [2.24, 2.45) is 7.05 Å². The Balaban J connectivity index is 1.75. The van der Waals surface area contributed by atoms with Gasteiger partial charge in [0.1, 0.15) is 5.82 Å². The van der Waals surface area contributed by atoms with E-state index in [1.165, 1.54) is 17.8 Å². The normalized spacial score (nSPS) is 11.3. The van der Waals surface area contributed by atoms with Crippen molar-refractivity contribution in [2.45, 2.75) is 44.7 Å². The van der Waals surface area contributed by atoms with Crippen LogP contribution in [0.4, 0.5) is 10.1 Å². The smallest absolute Gasteiger partial charge is 0.234 e. The predicted molar refractivity (Wildman–Crippen MR) is 120 cm³/mol. The van der Waals surface area contributed by atoms with Gasteiger partial charge in [0.05, 0.1) is 11.3 Å². The summed E-state index contributed by atoms with van der Waals surface area (Å²) >= 11 is 1.28. The number of nitrogens with one attached hydrogen (secondary N) is 1. The van der Waals surface area contributed by atoms with Crippen molar-refractivity contribution < 1.29 is 9.18 Å². The number of amides is 1. The van der Waals surface area contributed by atoms with Crippen molar-refractivity contribution in [3.63, 3.8) is 0 Å². The molecule has 30 heavy (non-hydrogen) atoms. The van der Waals surface area contributed by atoms with Crippen molar-refractivity contribution >= 4 is 23.4 Å². The van der Waals surface area contributed by atoms with Crippen molar-refractivity contribution in [1.82, 2.24) is 14.8 Å². The van der Waals surface area contributed by atoms with E-state index in [9.17, 15) is 9.18 Å². The van der Waals surface area contributed by atoms with Gasteiger partial charge in [-0.2, -0.15) is 0 Å². The monoisotopic (exact) mass is 426 g/mol. The lowest BCUT2D eigenvalue weighted by Gasteiger charge is -2.20. The molecule has 0 fully saturated rings. The molecule has 0 unspecified atom stereocenters. The van der Waals surface area contributed by atoms with Crippen molar-refractivity contribution in [3.05, 3.63) is 59.4 Å². The minimum absolute atomic E-state index is 0.106. The van der Waals surface area contributed by atoms with Gasteiger partial charge in [-0.05, 0) is 35.1 Å². The van der Waals surface area contributed by atoms with Crippen LogP contribution < -0.4 is 5.32 Å². The third kappa shape index (κ3) is 4.73. The number of benzene rings is 2. The minimum atomic E-state index is -0.353. The number of thioether (sulfide) groups is 1. The number of rotatable bonds is 7. The van der Waals surface area contributed by atoms with E-state index in [2.05, 4.69) is 55.3 Å². The summed E-state index contributed by atoms with van der Waals surface area (Å²) in [4.78, 5) is 12.7. The number of halogens is 1. The predicted octanol–water partition coefficient (Wildman–Crippen LogP) is 5.60. The number of hydrogen-bond acceptors (Lipinski definition) is 4. The summed E-state index contributed by atoms with van der Waals surface area (Å²) in [5, 5.41) is 11.9. The van der Waals surface area contributed by atoms with E-state index < -0.39 is 0 Å². The highest BCUT2D eigenvalue weighted by molar-refractivity contribution is 7.99. The molecule has 3 rings (SSSR count). The van der Waals surface area contributed by atoms with Gasteiger partial charge in [-0.3, -0.25) is 4.79 Å². The van der Waals surface area contributed by atoms with Gasteiger partial charge in [-0.25, -0.2) is 4.39 Å². The van der Waals surface area contributed by atoms with Gasteiger partial charge in [-0.1, -0.05) is 69.8 Å². The number of carbonyl (C=O) groups is 1. The second-order valence-electron chi connectivity index (χ2n) is 7.80. The van der Waals surface area contributed by atoms with E-state index in [0.29, 0.717) is 28.4 Å². The standard InChI is InChI=1S/C23H27FN4OS/c1-14(2)16-10-8-11-17(15(3)4)21(16)25-20(29)13-30-23-27-26-22(28(23)5)18-9-6-7-12-19(18)24/h6-12,14-15H,13H2,1-5H3,(H,25,29). The van der Waals surface area contributed by atoms with Crippen molar-refractivity contribution in [1.29, 1.82) is 0 Å². The third-order valence-corrected chi connectivity index (χ3v) is 5.94. The Bertz CT molecular complexity index is 1020. The molecule has 0 saturated heterocycles. The molecule has 7 heteroatoms. The van der Waals surface area contributed by atoms with E-state index in [1.54, 1.807) is 29.8 Å². The fourth-order valence-electron chi connectivity index (χ4n) is 3.32. The zero-order valence-corrected chi connectivity index (χ0v) is 18.8. The summed E-state index contributed by atoms with van der Waals surface area (Å²) in [6, 6.07) is 12.6. The van der Waals surface area contributed by atoms with Crippen LogP contribution in [0.5, 0.6) is 0 Å². The molecule has 0 spiro atoms. The molecule has 1 heterocycles. The van der Waals surface area contributed by atoms with Crippen LogP contribution in [0.15, 0.2) is 47.6 Å². The molecule has 0 aliphatic carbocycles. The average Bonchev–Trinajstić information content (AvgIpc) is 3.06. The summed E-state index contributed by atoms with van der Waals surface area (Å²) in [7, 11) is 1.77. The summed E-state index contributed by atoms with van der Waals surface area (Å²) in [5.41, 5.74) is 3.54. The second-order valence-corrected chi connectivity index (χ2v) is 8.75. The Morgan fingerprint density at radius 3 is 2.27 bits per heavy atom. The van der Waals surface area contributed by atoms with E-state index >= 15 is 0 Å².